The number of H-pyrrole nitrogens is 1. The highest BCUT2D eigenvalue weighted by molar-refractivity contribution is 5.89. The Balaban J connectivity index is 1.66. The molecule has 1 atom stereocenters. The number of benzene rings is 1. The van der Waals surface area contributed by atoms with Gasteiger partial charge in [-0.3, -0.25) is 9.59 Å². The SMILES string of the molecule is O=C(O)CC(NC(=O)Cc1c[nH]c2ccccc12)C1CC1. The molecular weight excluding hydrogens is 268 g/mol. The van der Waals surface area contributed by atoms with Crippen LogP contribution < -0.4 is 5.32 Å². The summed E-state index contributed by atoms with van der Waals surface area (Å²) >= 11 is 0. The van der Waals surface area contributed by atoms with Crippen LogP contribution in [0.5, 0.6) is 0 Å². The Kier molecular flexibility index (Phi) is 3.64. The van der Waals surface area contributed by atoms with Crippen LogP contribution in [0.1, 0.15) is 24.8 Å². The number of para-hydroxylation sites is 1. The average molecular weight is 286 g/mol. The molecule has 1 fully saturated rings. The van der Waals surface area contributed by atoms with Gasteiger partial charge in [0.25, 0.3) is 0 Å². The lowest BCUT2D eigenvalue weighted by Crippen LogP contribution is -2.38. The van der Waals surface area contributed by atoms with Gasteiger partial charge < -0.3 is 15.4 Å². The van der Waals surface area contributed by atoms with Crippen molar-refractivity contribution in [2.45, 2.75) is 31.7 Å². The third-order valence-electron chi connectivity index (χ3n) is 3.96. The fourth-order valence-electron chi connectivity index (χ4n) is 2.73. The molecule has 1 unspecified atom stereocenters. The van der Waals surface area contributed by atoms with Crippen LogP contribution in [0, 0.1) is 5.92 Å². The van der Waals surface area contributed by atoms with Gasteiger partial charge in [-0.05, 0) is 30.4 Å². The summed E-state index contributed by atoms with van der Waals surface area (Å²) in [5.74, 6) is -0.648. The molecule has 0 saturated heterocycles. The van der Waals surface area contributed by atoms with Gasteiger partial charge in [0.05, 0.1) is 12.8 Å². The molecule has 1 aliphatic rings. The second-order valence-corrected chi connectivity index (χ2v) is 5.65. The molecule has 0 spiro atoms. The zero-order valence-electron chi connectivity index (χ0n) is 11.6. The van der Waals surface area contributed by atoms with Crippen LogP contribution in [0.25, 0.3) is 10.9 Å². The Hall–Kier alpha value is -2.30. The molecule has 3 N–H and O–H groups in total. The monoisotopic (exact) mass is 286 g/mol. The van der Waals surface area contributed by atoms with Crippen molar-refractivity contribution in [1.82, 2.24) is 10.3 Å². The molecule has 3 rings (SSSR count). The van der Waals surface area contributed by atoms with E-state index in [1.165, 1.54) is 0 Å². The summed E-state index contributed by atoms with van der Waals surface area (Å²) in [6.07, 6.45) is 4.13. The van der Waals surface area contributed by atoms with Crippen LogP contribution in [0.2, 0.25) is 0 Å². The molecule has 21 heavy (non-hydrogen) atoms. The standard InChI is InChI=1S/C16H18N2O3/c19-15(18-14(8-16(20)21)10-5-6-10)7-11-9-17-13-4-2-1-3-12(11)13/h1-4,9-10,14,17H,5-8H2,(H,18,19)(H,20,21). The Labute approximate surface area is 122 Å². The number of fused-ring (bicyclic) bond motifs is 1. The molecule has 5 heteroatoms. The van der Waals surface area contributed by atoms with Crippen LogP contribution in [0.4, 0.5) is 0 Å². The number of nitrogens with one attached hydrogen (secondary N) is 2. The number of amides is 1. The van der Waals surface area contributed by atoms with Crippen molar-refractivity contribution >= 4 is 22.8 Å². The summed E-state index contributed by atoms with van der Waals surface area (Å²) in [5, 5.41) is 12.8. The summed E-state index contributed by atoms with van der Waals surface area (Å²) in [5.41, 5.74) is 1.94. The number of carboxylic acid groups (broad SMARTS) is 1. The van der Waals surface area contributed by atoms with E-state index in [0.717, 1.165) is 29.3 Å². The number of aliphatic carboxylic acids is 1. The minimum Gasteiger partial charge on any atom is -0.481 e. The zero-order valence-corrected chi connectivity index (χ0v) is 11.6. The predicted molar refractivity (Wildman–Crippen MR) is 78.9 cm³/mol. The Bertz CT molecular complexity index is 673. The fourth-order valence-corrected chi connectivity index (χ4v) is 2.73. The number of carbonyl (C=O) groups is 2. The largest absolute Gasteiger partial charge is 0.481 e. The summed E-state index contributed by atoms with van der Waals surface area (Å²) in [6, 6.07) is 7.59. The average Bonchev–Trinajstić information content (AvgIpc) is 3.21. The van der Waals surface area contributed by atoms with Gasteiger partial charge in [-0.15, -0.1) is 0 Å². The summed E-state index contributed by atoms with van der Waals surface area (Å²) < 4.78 is 0. The van der Waals surface area contributed by atoms with E-state index in [1.54, 1.807) is 0 Å². The maximum absolute atomic E-state index is 12.2. The predicted octanol–water partition coefficient (Wildman–Crippen LogP) is 2.08. The molecule has 1 aliphatic carbocycles. The van der Waals surface area contributed by atoms with Crippen molar-refractivity contribution in [2.24, 2.45) is 5.92 Å². The molecule has 5 nitrogen and oxygen atoms in total. The molecular formula is C16H18N2O3. The third-order valence-corrected chi connectivity index (χ3v) is 3.96. The van der Waals surface area contributed by atoms with E-state index in [-0.39, 0.29) is 24.8 Å². The Morgan fingerprint density at radius 2 is 2.10 bits per heavy atom. The van der Waals surface area contributed by atoms with Crippen molar-refractivity contribution < 1.29 is 14.7 Å². The highest BCUT2D eigenvalue weighted by Crippen LogP contribution is 2.34. The van der Waals surface area contributed by atoms with E-state index >= 15 is 0 Å². The minimum absolute atomic E-state index is 0.00426. The van der Waals surface area contributed by atoms with Crippen LogP contribution in [-0.4, -0.2) is 28.0 Å². The normalized spacial score (nSPS) is 15.8. The molecule has 110 valence electrons. The zero-order chi connectivity index (χ0) is 14.8. The summed E-state index contributed by atoms with van der Waals surface area (Å²) in [7, 11) is 0. The third kappa shape index (κ3) is 3.24. The number of carbonyl (C=O) groups excluding carboxylic acids is 1. The van der Waals surface area contributed by atoms with E-state index < -0.39 is 5.97 Å². The second kappa shape index (κ2) is 5.60. The second-order valence-electron chi connectivity index (χ2n) is 5.65. The van der Waals surface area contributed by atoms with E-state index in [4.69, 9.17) is 5.11 Å². The molecule has 1 saturated carbocycles. The maximum atomic E-state index is 12.2. The first-order valence-electron chi connectivity index (χ1n) is 7.19. The van der Waals surface area contributed by atoms with Crippen molar-refractivity contribution in [3.8, 4) is 0 Å². The topological polar surface area (TPSA) is 82.2 Å². The van der Waals surface area contributed by atoms with E-state index in [0.29, 0.717) is 5.92 Å². The molecule has 2 aromatic rings. The first-order valence-corrected chi connectivity index (χ1v) is 7.19. The van der Waals surface area contributed by atoms with Crippen molar-refractivity contribution in [3.05, 3.63) is 36.0 Å². The molecule has 0 radical (unpaired) electrons. The maximum Gasteiger partial charge on any atom is 0.305 e. The number of hydrogen-bond acceptors (Lipinski definition) is 2. The molecule has 0 bridgehead atoms. The van der Waals surface area contributed by atoms with Gasteiger partial charge in [0.15, 0.2) is 0 Å². The van der Waals surface area contributed by atoms with Gasteiger partial charge in [-0.25, -0.2) is 0 Å². The summed E-state index contributed by atoms with van der Waals surface area (Å²) in [6.45, 7) is 0. The molecule has 0 aliphatic heterocycles. The smallest absolute Gasteiger partial charge is 0.305 e. The van der Waals surface area contributed by atoms with Gasteiger partial charge in [0.2, 0.25) is 5.91 Å². The minimum atomic E-state index is -0.862. The fraction of sp³-hybridized carbons (Fsp3) is 0.375. The quantitative estimate of drug-likeness (QED) is 0.760. The van der Waals surface area contributed by atoms with E-state index in [9.17, 15) is 9.59 Å². The number of rotatable bonds is 6. The van der Waals surface area contributed by atoms with Crippen molar-refractivity contribution in [3.63, 3.8) is 0 Å². The van der Waals surface area contributed by atoms with Crippen molar-refractivity contribution in [1.29, 1.82) is 0 Å². The van der Waals surface area contributed by atoms with Gasteiger partial charge in [-0.1, -0.05) is 18.2 Å². The van der Waals surface area contributed by atoms with Gasteiger partial charge >= 0.3 is 5.97 Å². The van der Waals surface area contributed by atoms with E-state index in [2.05, 4.69) is 10.3 Å². The first-order chi connectivity index (χ1) is 10.1. The molecule has 1 aromatic carbocycles. The highest BCUT2D eigenvalue weighted by Gasteiger charge is 2.33. The number of aromatic amines is 1. The first kappa shape index (κ1) is 13.7. The lowest BCUT2D eigenvalue weighted by Gasteiger charge is -2.16. The molecule has 1 amide bonds. The summed E-state index contributed by atoms with van der Waals surface area (Å²) in [4.78, 5) is 26.2. The lowest BCUT2D eigenvalue weighted by atomic mass is 10.1. The van der Waals surface area contributed by atoms with E-state index in [1.807, 2.05) is 30.5 Å². The van der Waals surface area contributed by atoms with Crippen LogP contribution >= 0.6 is 0 Å². The van der Waals surface area contributed by atoms with Crippen LogP contribution in [0.15, 0.2) is 30.5 Å². The highest BCUT2D eigenvalue weighted by atomic mass is 16.4. The van der Waals surface area contributed by atoms with Gasteiger partial charge in [0, 0.05) is 23.1 Å². The Morgan fingerprint density at radius 1 is 1.33 bits per heavy atom. The van der Waals surface area contributed by atoms with Crippen LogP contribution in [0.3, 0.4) is 0 Å². The van der Waals surface area contributed by atoms with Gasteiger partial charge in [0.1, 0.15) is 0 Å². The number of aromatic nitrogens is 1. The van der Waals surface area contributed by atoms with Gasteiger partial charge in [-0.2, -0.15) is 0 Å². The number of carboxylic acids is 1. The van der Waals surface area contributed by atoms with Crippen molar-refractivity contribution in [2.75, 3.05) is 0 Å². The number of hydrogen-bond donors (Lipinski definition) is 3. The Morgan fingerprint density at radius 3 is 2.81 bits per heavy atom. The molecule has 1 heterocycles. The molecule has 1 aromatic heterocycles. The van der Waals surface area contributed by atoms with Crippen LogP contribution in [-0.2, 0) is 16.0 Å². The lowest BCUT2D eigenvalue weighted by molar-refractivity contribution is -0.137.